The zero-order valence-corrected chi connectivity index (χ0v) is 14.2. The average Bonchev–Trinajstić information content (AvgIpc) is 3.25. The van der Waals surface area contributed by atoms with Crippen molar-refractivity contribution < 1.29 is 4.39 Å². The summed E-state index contributed by atoms with van der Waals surface area (Å²) < 4.78 is 13.0. The number of halogens is 1. The molecule has 0 spiro atoms. The number of H-pyrrole nitrogens is 1. The van der Waals surface area contributed by atoms with Crippen molar-refractivity contribution in [1.82, 2.24) is 20.2 Å². The van der Waals surface area contributed by atoms with Crippen LogP contribution in [-0.4, -0.2) is 39.8 Å². The molecule has 1 aromatic carbocycles. The summed E-state index contributed by atoms with van der Waals surface area (Å²) in [4.78, 5) is 11.5. The Hall–Kier alpha value is -2.70. The van der Waals surface area contributed by atoms with E-state index >= 15 is 0 Å². The molecule has 2 aromatic heterocycles. The topological polar surface area (TPSA) is 69.7 Å². The highest BCUT2D eigenvalue weighted by atomic mass is 19.1. The predicted octanol–water partition coefficient (Wildman–Crippen LogP) is 2.99. The van der Waals surface area contributed by atoms with E-state index in [0.29, 0.717) is 12.5 Å². The van der Waals surface area contributed by atoms with Gasteiger partial charge in [-0.25, -0.2) is 4.39 Å². The number of hydrogen-bond donors (Lipinski definition) is 2. The van der Waals surface area contributed by atoms with Crippen molar-refractivity contribution in [2.24, 2.45) is 5.92 Å². The van der Waals surface area contributed by atoms with Gasteiger partial charge in [-0.15, -0.1) is 0 Å². The van der Waals surface area contributed by atoms with Crippen LogP contribution in [0.25, 0.3) is 11.0 Å². The second kappa shape index (κ2) is 6.66. The lowest BCUT2D eigenvalue weighted by atomic mass is 10.1. The van der Waals surface area contributed by atoms with Gasteiger partial charge in [-0.3, -0.25) is 5.10 Å². The van der Waals surface area contributed by atoms with Crippen LogP contribution in [0.3, 0.4) is 0 Å². The Kier molecular flexibility index (Phi) is 4.21. The second-order valence-corrected chi connectivity index (χ2v) is 6.65. The Morgan fingerprint density at radius 1 is 1.28 bits per heavy atom. The molecule has 3 aromatic rings. The van der Waals surface area contributed by atoms with Crippen molar-refractivity contribution in [2.75, 3.05) is 29.9 Å². The molecule has 7 heteroatoms. The second-order valence-electron chi connectivity index (χ2n) is 6.65. The average molecular weight is 340 g/mol. The van der Waals surface area contributed by atoms with Gasteiger partial charge in [0.1, 0.15) is 11.6 Å². The van der Waals surface area contributed by atoms with Gasteiger partial charge in [-0.1, -0.05) is 19.1 Å². The molecule has 1 unspecified atom stereocenters. The van der Waals surface area contributed by atoms with Gasteiger partial charge in [-0.05, 0) is 36.5 Å². The van der Waals surface area contributed by atoms with Crippen molar-refractivity contribution in [2.45, 2.75) is 19.8 Å². The minimum atomic E-state index is -0.211. The van der Waals surface area contributed by atoms with E-state index in [9.17, 15) is 4.39 Å². The van der Waals surface area contributed by atoms with Crippen LogP contribution >= 0.6 is 0 Å². The summed E-state index contributed by atoms with van der Waals surface area (Å²) in [6, 6.07) is 6.59. The molecule has 4 rings (SSSR count). The first kappa shape index (κ1) is 15.8. The summed E-state index contributed by atoms with van der Waals surface area (Å²) in [6.07, 6.45) is 3.70. The van der Waals surface area contributed by atoms with Crippen LogP contribution in [0.2, 0.25) is 0 Å². The maximum absolute atomic E-state index is 13.0. The highest BCUT2D eigenvalue weighted by Gasteiger charge is 2.22. The number of hydrogen-bond acceptors (Lipinski definition) is 5. The summed E-state index contributed by atoms with van der Waals surface area (Å²) in [5, 5.41) is 11.3. The first-order valence-corrected chi connectivity index (χ1v) is 8.63. The summed E-state index contributed by atoms with van der Waals surface area (Å²) in [6.45, 7) is 4.92. The van der Waals surface area contributed by atoms with Crippen LogP contribution in [0.4, 0.5) is 16.2 Å². The molecule has 1 saturated heterocycles. The quantitative estimate of drug-likeness (QED) is 0.747. The Morgan fingerprint density at radius 3 is 2.88 bits per heavy atom. The van der Waals surface area contributed by atoms with Crippen LogP contribution in [0.5, 0.6) is 0 Å². The molecule has 25 heavy (non-hydrogen) atoms. The third kappa shape index (κ3) is 3.40. The molecule has 1 atom stereocenters. The molecule has 0 aliphatic carbocycles. The molecule has 1 aliphatic rings. The number of nitrogens with one attached hydrogen (secondary N) is 2. The number of aromatic amines is 1. The lowest BCUT2D eigenvalue weighted by Gasteiger charge is -2.17. The number of benzene rings is 1. The smallest absolute Gasteiger partial charge is 0.229 e. The maximum Gasteiger partial charge on any atom is 0.229 e. The highest BCUT2D eigenvalue weighted by molar-refractivity contribution is 5.87. The van der Waals surface area contributed by atoms with Crippen LogP contribution < -0.4 is 10.2 Å². The number of nitrogens with zero attached hydrogens (tertiary/aromatic N) is 4. The molecule has 0 radical (unpaired) electrons. The summed E-state index contributed by atoms with van der Waals surface area (Å²) in [5.74, 6) is 1.98. The Bertz CT molecular complexity index is 860. The zero-order chi connectivity index (χ0) is 17.2. The molecular formula is C18H21FN6. The van der Waals surface area contributed by atoms with E-state index in [0.717, 1.165) is 54.3 Å². The molecule has 6 nitrogen and oxygen atoms in total. The van der Waals surface area contributed by atoms with Gasteiger partial charge in [0.05, 0.1) is 11.6 Å². The lowest BCUT2D eigenvalue weighted by Crippen LogP contribution is -2.22. The molecule has 130 valence electrons. The van der Waals surface area contributed by atoms with Crippen molar-refractivity contribution in [3.8, 4) is 0 Å². The third-order valence-corrected chi connectivity index (χ3v) is 4.62. The molecule has 1 fully saturated rings. The highest BCUT2D eigenvalue weighted by Crippen LogP contribution is 2.25. The van der Waals surface area contributed by atoms with Crippen LogP contribution in [0, 0.1) is 11.7 Å². The first-order valence-electron chi connectivity index (χ1n) is 8.63. The SMILES string of the molecule is CC1CCN(c2nc(NCCc3ccc(F)cc3)c3cn[nH]c3n2)C1. The van der Waals surface area contributed by atoms with Crippen molar-refractivity contribution >= 4 is 22.8 Å². The molecule has 0 saturated carbocycles. The molecule has 3 heterocycles. The number of fused-ring (bicyclic) bond motifs is 1. The van der Waals surface area contributed by atoms with Gasteiger partial charge < -0.3 is 10.2 Å². The summed E-state index contributed by atoms with van der Waals surface area (Å²) >= 11 is 0. The van der Waals surface area contributed by atoms with E-state index in [2.05, 4.69) is 32.3 Å². The molecular weight excluding hydrogens is 319 g/mol. The van der Waals surface area contributed by atoms with E-state index in [1.165, 1.54) is 12.1 Å². The minimum absolute atomic E-state index is 0.211. The van der Waals surface area contributed by atoms with E-state index in [4.69, 9.17) is 4.98 Å². The minimum Gasteiger partial charge on any atom is -0.369 e. The van der Waals surface area contributed by atoms with E-state index in [1.807, 2.05) is 12.1 Å². The predicted molar refractivity (Wildman–Crippen MR) is 96.3 cm³/mol. The van der Waals surface area contributed by atoms with Gasteiger partial charge in [0.25, 0.3) is 0 Å². The number of rotatable bonds is 5. The zero-order valence-electron chi connectivity index (χ0n) is 14.2. The fraction of sp³-hybridized carbons (Fsp3) is 0.389. The number of anilines is 2. The standard InChI is InChI=1S/C18H21FN6/c1-12-7-9-25(11-12)18-22-16(15-10-21-24-17(15)23-18)20-8-6-13-2-4-14(19)5-3-13/h2-5,10,12H,6-9,11H2,1H3,(H2,20,21,22,23,24). The Morgan fingerprint density at radius 2 is 2.12 bits per heavy atom. The monoisotopic (exact) mass is 340 g/mol. The molecule has 0 bridgehead atoms. The molecule has 2 N–H and O–H groups in total. The fourth-order valence-electron chi connectivity index (χ4n) is 3.19. The van der Waals surface area contributed by atoms with Crippen molar-refractivity contribution in [1.29, 1.82) is 0 Å². The van der Waals surface area contributed by atoms with Gasteiger partial charge in [0, 0.05) is 19.6 Å². The number of aromatic nitrogens is 4. The lowest BCUT2D eigenvalue weighted by molar-refractivity contribution is 0.627. The third-order valence-electron chi connectivity index (χ3n) is 4.62. The first-order chi connectivity index (χ1) is 12.2. The van der Waals surface area contributed by atoms with Crippen molar-refractivity contribution in [3.63, 3.8) is 0 Å². The van der Waals surface area contributed by atoms with E-state index < -0.39 is 0 Å². The van der Waals surface area contributed by atoms with Crippen molar-refractivity contribution in [3.05, 3.63) is 41.8 Å². The van der Waals surface area contributed by atoms with Gasteiger partial charge in [-0.2, -0.15) is 15.1 Å². The van der Waals surface area contributed by atoms with Gasteiger partial charge in [0.15, 0.2) is 5.65 Å². The summed E-state index contributed by atoms with van der Waals surface area (Å²) in [5.41, 5.74) is 1.83. The maximum atomic E-state index is 13.0. The Labute approximate surface area is 145 Å². The largest absolute Gasteiger partial charge is 0.369 e. The van der Waals surface area contributed by atoms with Gasteiger partial charge in [0.2, 0.25) is 5.95 Å². The van der Waals surface area contributed by atoms with Crippen LogP contribution in [0.1, 0.15) is 18.9 Å². The van der Waals surface area contributed by atoms with Crippen LogP contribution in [0.15, 0.2) is 30.5 Å². The molecule has 1 aliphatic heterocycles. The Balaban J connectivity index is 1.51. The van der Waals surface area contributed by atoms with Crippen LogP contribution in [-0.2, 0) is 6.42 Å². The summed E-state index contributed by atoms with van der Waals surface area (Å²) in [7, 11) is 0. The molecule has 0 amide bonds. The van der Waals surface area contributed by atoms with E-state index in [1.54, 1.807) is 6.20 Å². The fourth-order valence-corrected chi connectivity index (χ4v) is 3.19. The normalized spacial score (nSPS) is 17.4. The van der Waals surface area contributed by atoms with Gasteiger partial charge >= 0.3 is 0 Å². The van der Waals surface area contributed by atoms with E-state index in [-0.39, 0.29) is 5.82 Å².